The Morgan fingerprint density at radius 3 is 2.57 bits per heavy atom. The number of amides is 1. The summed E-state index contributed by atoms with van der Waals surface area (Å²) in [5, 5.41) is 7.98. The summed E-state index contributed by atoms with van der Waals surface area (Å²) in [4.78, 5) is 19.1. The number of hydrogen-bond donors (Lipinski definition) is 2. The van der Waals surface area contributed by atoms with Gasteiger partial charge in [0.1, 0.15) is 5.75 Å². The van der Waals surface area contributed by atoms with E-state index in [2.05, 4.69) is 20.4 Å². The van der Waals surface area contributed by atoms with Crippen molar-refractivity contribution >= 4 is 47.2 Å². The van der Waals surface area contributed by atoms with E-state index in [4.69, 9.17) is 0 Å². The summed E-state index contributed by atoms with van der Waals surface area (Å²) in [7, 11) is 1.91. The maximum Gasteiger partial charge on any atom is 0.387 e. The van der Waals surface area contributed by atoms with Crippen LogP contribution in [0.5, 0.6) is 5.75 Å². The Kier molecular flexibility index (Phi) is 12.3. The Hall–Kier alpha value is -1.95. The van der Waals surface area contributed by atoms with Crippen LogP contribution in [0.1, 0.15) is 28.6 Å². The molecule has 0 aliphatic rings. The van der Waals surface area contributed by atoms with E-state index in [0.29, 0.717) is 24.5 Å². The van der Waals surface area contributed by atoms with E-state index in [1.807, 2.05) is 30.3 Å². The van der Waals surface area contributed by atoms with Crippen molar-refractivity contribution in [3.63, 3.8) is 0 Å². The van der Waals surface area contributed by atoms with Gasteiger partial charge in [0.15, 0.2) is 5.96 Å². The molecule has 0 atom stereocenters. The fourth-order valence-electron chi connectivity index (χ4n) is 2.56. The molecule has 0 aliphatic heterocycles. The van der Waals surface area contributed by atoms with Gasteiger partial charge in [-0.15, -0.1) is 35.3 Å². The first-order valence-corrected chi connectivity index (χ1v) is 10.2. The molecule has 2 N–H and O–H groups in total. The van der Waals surface area contributed by atoms with Gasteiger partial charge in [0.25, 0.3) is 5.91 Å². The van der Waals surface area contributed by atoms with Crippen LogP contribution in [0.25, 0.3) is 0 Å². The molecule has 1 heterocycles. The lowest BCUT2D eigenvalue weighted by Gasteiger charge is -2.22. The zero-order valence-corrected chi connectivity index (χ0v) is 20.1. The average Bonchev–Trinajstić information content (AvgIpc) is 3.23. The number of carbonyl (C=O) groups is 1. The summed E-state index contributed by atoms with van der Waals surface area (Å²) in [6, 6.07) is 10.2. The SMILES string of the molecule is CCNC(=NCCCNC(=O)c1cccs1)N(C)Cc1ccc(OC(F)F)cc1.I. The Labute approximate surface area is 196 Å². The molecular weight excluding hydrogens is 525 g/mol. The monoisotopic (exact) mass is 552 g/mol. The van der Waals surface area contributed by atoms with Gasteiger partial charge in [0, 0.05) is 33.2 Å². The number of carbonyl (C=O) groups excluding carboxylic acids is 1. The average molecular weight is 552 g/mol. The zero-order chi connectivity index (χ0) is 21.1. The van der Waals surface area contributed by atoms with Crippen LogP contribution in [-0.4, -0.2) is 50.1 Å². The molecule has 30 heavy (non-hydrogen) atoms. The molecule has 0 unspecified atom stereocenters. The minimum Gasteiger partial charge on any atom is -0.435 e. The van der Waals surface area contributed by atoms with Crippen LogP contribution >= 0.6 is 35.3 Å². The van der Waals surface area contributed by atoms with Crippen LogP contribution in [0.3, 0.4) is 0 Å². The first-order chi connectivity index (χ1) is 14.0. The topological polar surface area (TPSA) is 66.0 Å². The molecule has 10 heteroatoms. The molecule has 0 aliphatic carbocycles. The number of nitrogens with one attached hydrogen (secondary N) is 2. The molecule has 0 spiro atoms. The number of nitrogens with zero attached hydrogens (tertiary/aromatic N) is 2. The standard InChI is InChI=1S/C20H26F2N4O2S.HI/c1-3-23-20(25-12-5-11-24-18(27)17-6-4-13-29-17)26(2)14-15-7-9-16(10-8-15)28-19(21)22;/h4,6-10,13,19H,3,5,11-12,14H2,1-2H3,(H,23,25)(H,24,27);1H. The van der Waals surface area contributed by atoms with Crippen LogP contribution in [0.2, 0.25) is 0 Å². The van der Waals surface area contributed by atoms with Crippen molar-refractivity contribution < 1.29 is 18.3 Å². The number of ether oxygens (including phenoxy) is 1. The highest BCUT2D eigenvalue weighted by molar-refractivity contribution is 14.0. The van der Waals surface area contributed by atoms with Crippen molar-refractivity contribution in [3.05, 3.63) is 52.2 Å². The van der Waals surface area contributed by atoms with Crippen LogP contribution in [-0.2, 0) is 6.54 Å². The second-order valence-corrected chi connectivity index (χ2v) is 7.15. The van der Waals surface area contributed by atoms with E-state index >= 15 is 0 Å². The maximum absolute atomic E-state index is 12.2. The lowest BCUT2D eigenvalue weighted by Crippen LogP contribution is -2.38. The molecule has 166 valence electrons. The van der Waals surface area contributed by atoms with Gasteiger partial charge in [-0.2, -0.15) is 8.78 Å². The number of rotatable bonds is 10. The zero-order valence-electron chi connectivity index (χ0n) is 16.9. The predicted molar refractivity (Wildman–Crippen MR) is 127 cm³/mol. The van der Waals surface area contributed by atoms with Gasteiger partial charge in [-0.25, -0.2) is 0 Å². The lowest BCUT2D eigenvalue weighted by molar-refractivity contribution is -0.0498. The van der Waals surface area contributed by atoms with Crippen LogP contribution < -0.4 is 15.4 Å². The summed E-state index contributed by atoms with van der Waals surface area (Å²) in [5.74, 6) is 0.814. The van der Waals surface area contributed by atoms with Crippen molar-refractivity contribution in [2.24, 2.45) is 4.99 Å². The van der Waals surface area contributed by atoms with Gasteiger partial charge in [0.2, 0.25) is 0 Å². The van der Waals surface area contributed by atoms with Crippen molar-refractivity contribution in [1.82, 2.24) is 15.5 Å². The Bertz CT molecular complexity index is 774. The van der Waals surface area contributed by atoms with Crippen LogP contribution in [0.4, 0.5) is 8.78 Å². The second kappa shape index (κ2) is 14.1. The minimum absolute atomic E-state index is 0. The summed E-state index contributed by atoms with van der Waals surface area (Å²) in [5.41, 5.74) is 0.947. The molecule has 1 amide bonds. The van der Waals surface area contributed by atoms with E-state index in [1.54, 1.807) is 18.2 Å². The third-order valence-corrected chi connectivity index (χ3v) is 4.76. The number of aliphatic imine (C=N–C) groups is 1. The van der Waals surface area contributed by atoms with Crippen molar-refractivity contribution in [2.45, 2.75) is 26.5 Å². The van der Waals surface area contributed by atoms with Crippen molar-refractivity contribution in [3.8, 4) is 5.75 Å². The summed E-state index contributed by atoms with van der Waals surface area (Å²) >= 11 is 1.41. The molecule has 0 saturated carbocycles. The Balaban J connectivity index is 0.00000450. The van der Waals surface area contributed by atoms with Crippen molar-refractivity contribution in [2.75, 3.05) is 26.7 Å². The number of hydrogen-bond acceptors (Lipinski definition) is 4. The van der Waals surface area contributed by atoms with E-state index in [0.717, 1.165) is 24.5 Å². The number of alkyl halides is 2. The highest BCUT2D eigenvalue weighted by Gasteiger charge is 2.09. The summed E-state index contributed by atoms with van der Waals surface area (Å²) in [6.45, 7) is 1.57. The summed E-state index contributed by atoms with van der Waals surface area (Å²) in [6.07, 6.45) is 0.722. The number of thiophene rings is 1. The van der Waals surface area contributed by atoms with E-state index in [9.17, 15) is 13.6 Å². The van der Waals surface area contributed by atoms with E-state index in [-0.39, 0.29) is 35.6 Å². The number of benzene rings is 1. The predicted octanol–water partition coefficient (Wildman–Crippen LogP) is 4.18. The van der Waals surface area contributed by atoms with Gasteiger partial charge >= 0.3 is 6.61 Å². The first kappa shape index (κ1) is 26.1. The molecular formula is C20H27F2IN4O2S. The van der Waals surface area contributed by atoms with Gasteiger partial charge < -0.3 is 20.3 Å². The molecule has 1 aromatic carbocycles. The third kappa shape index (κ3) is 9.24. The fourth-order valence-corrected chi connectivity index (χ4v) is 3.20. The first-order valence-electron chi connectivity index (χ1n) is 9.34. The molecule has 0 saturated heterocycles. The smallest absolute Gasteiger partial charge is 0.387 e. The molecule has 0 radical (unpaired) electrons. The van der Waals surface area contributed by atoms with E-state index < -0.39 is 6.61 Å². The molecule has 2 rings (SSSR count). The normalized spacial score (nSPS) is 11.0. The van der Waals surface area contributed by atoms with Gasteiger partial charge in [-0.1, -0.05) is 18.2 Å². The largest absolute Gasteiger partial charge is 0.435 e. The highest BCUT2D eigenvalue weighted by Crippen LogP contribution is 2.15. The molecule has 0 bridgehead atoms. The number of halogens is 3. The quantitative estimate of drug-likeness (QED) is 0.201. The fraction of sp³-hybridized carbons (Fsp3) is 0.400. The van der Waals surface area contributed by atoms with Gasteiger partial charge in [-0.3, -0.25) is 9.79 Å². The highest BCUT2D eigenvalue weighted by atomic mass is 127. The molecule has 2 aromatic rings. The Morgan fingerprint density at radius 1 is 1.23 bits per heavy atom. The molecule has 0 fully saturated rings. The minimum atomic E-state index is -2.83. The van der Waals surface area contributed by atoms with Crippen LogP contribution in [0, 0.1) is 0 Å². The maximum atomic E-state index is 12.2. The molecule has 1 aromatic heterocycles. The number of guanidine groups is 1. The Morgan fingerprint density at radius 2 is 1.97 bits per heavy atom. The van der Waals surface area contributed by atoms with Crippen LogP contribution in [0.15, 0.2) is 46.8 Å². The lowest BCUT2D eigenvalue weighted by atomic mass is 10.2. The van der Waals surface area contributed by atoms with E-state index in [1.165, 1.54) is 23.5 Å². The van der Waals surface area contributed by atoms with Crippen molar-refractivity contribution in [1.29, 1.82) is 0 Å². The van der Waals surface area contributed by atoms with Gasteiger partial charge in [-0.05, 0) is 42.5 Å². The molecule has 6 nitrogen and oxygen atoms in total. The second-order valence-electron chi connectivity index (χ2n) is 6.20. The summed E-state index contributed by atoms with van der Waals surface area (Å²) < 4.78 is 28.8. The third-order valence-electron chi connectivity index (χ3n) is 3.89. The van der Waals surface area contributed by atoms with Gasteiger partial charge in [0.05, 0.1) is 4.88 Å².